The van der Waals surface area contributed by atoms with Crippen molar-refractivity contribution in [1.29, 1.82) is 0 Å². The Balaban J connectivity index is 1.62. The van der Waals surface area contributed by atoms with E-state index in [-0.39, 0.29) is 11.9 Å². The third-order valence-electron chi connectivity index (χ3n) is 3.54. The summed E-state index contributed by atoms with van der Waals surface area (Å²) in [5.41, 5.74) is 1.19. The predicted octanol–water partition coefficient (Wildman–Crippen LogP) is 2.06. The van der Waals surface area contributed by atoms with E-state index in [4.69, 9.17) is 0 Å². The van der Waals surface area contributed by atoms with Crippen LogP contribution >= 0.6 is 15.9 Å². The molecule has 0 radical (unpaired) electrons. The molecule has 0 aliphatic rings. The fraction of sp³-hybridized carbons (Fsp3) is 0.333. The van der Waals surface area contributed by atoms with Gasteiger partial charge in [-0.05, 0) is 41.9 Å². The van der Waals surface area contributed by atoms with Crippen molar-refractivity contribution in [3.8, 4) is 0 Å². The van der Waals surface area contributed by atoms with Gasteiger partial charge in [-0.25, -0.2) is 4.68 Å². The molecule has 0 saturated heterocycles. The van der Waals surface area contributed by atoms with Crippen molar-refractivity contribution < 1.29 is 4.79 Å². The number of hydrogen-bond acceptors (Lipinski definition) is 4. The lowest BCUT2D eigenvalue weighted by atomic mass is 10.2. The first-order valence-electron chi connectivity index (χ1n) is 7.60. The van der Waals surface area contributed by atoms with Crippen LogP contribution in [0.3, 0.4) is 0 Å². The van der Waals surface area contributed by atoms with E-state index in [1.165, 1.54) is 0 Å². The summed E-state index contributed by atoms with van der Waals surface area (Å²) in [5.74, 6) is -0.228. The summed E-state index contributed by atoms with van der Waals surface area (Å²) in [4.78, 5) is 12.3. The molecule has 0 aromatic carbocycles. The molecule has 1 N–H and O–H groups in total. The number of rotatable bonds is 6. The van der Waals surface area contributed by atoms with Gasteiger partial charge >= 0.3 is 0 Å². The number of aromatic nitrogens is 6. The molecule has 1 unspecified atom stereocenters. The number of amides is 1. The van der Waals surface area contributed by atoms with E-state index in [2.05, 4.69) is 36.5 Å². The van der Waals surface area contributed by atoms with Crippen molar-refractivity contribution in [1.82, 2.24) is 34.7 Å². The van der Waals surface area contributed by atoms with Crippen LogP contribution in [0.1, 0.15) is 36.1 Å². The zero-order valence-electron chi connectivity index (χ0n) is 13.4. The molecule has 0 bridgehead atoms. The minimum atomic E-state index is -0.228. The highest BCUT2D eigenvalue weighted by Gasteiger charge is 2.15. The van der Waals surface area contributed by atoms with E-state index in [1.807, 2.05) is 37.0 Å². The molecule has 1 amide bonds. The van der Waals surface area contributed by atoms with Gasteiger partial charge in [-0.3, -0.25) is 14.2 Å². The Hall–Kier alpha value is -2.42. The van der Waals surface area contributed by atoms with Gasteiger partial charge in [-0.15, -0.1) is 0 Å². The highest BCUT2D eigenvalue weighted by molar-refractivity contribution is 9.10. The summed E-state index contributed by atoms with van der Waals surface area (Å²) in [5, 5.41) is 15.8. The van der Waals surface area contributed by atoms with Crippen LogP contribution in [0, 0.1) is 0 Å². The topological polar surface area (TPSA) is 82.6 Å². The van der Waals surface area contributed by atoms with E-state index >= 15 is 0 Å². The molecule has 0 fully saturated rings. The molecule has 24 heavy (non-hydrogen) atoms. The van der Waals surface area contributed by atoms with Crippen molar-refractivity contribution in [2.75, 3.05) is 0 Å². The average Bonchev–Trinajstić information content (AvgIpc) is 3.28. The van der Waals surface area contributed by atoms with Gasteiger partial charge in [0.05, 0.1) is 22.4 Å². The maximum Gasteiger partial charge on any atom is 0.272 e. The highest BCUT2D eigenvalue weighted by Crippen LogP contribution is 2.10. The molecule has 0 aliphatic carbocycles. The van der Waals surface area contributed by atoms with Gasteiger partial charge in [0.2, 0.25) is 0 Å². The Morgan fingerprint density at radius 3 is 2.71 bits per heavy atom. The van der Waals surface area contributed by atoms with Crippen LogP contribution in [0.25, 0.3) is 0 Å². The first-order chi connectivity index (χ1) is 11.5. The minimum absolute atomic E-state index is 0.183. The summed E-state index contributed by atoms with van der Waals surface area (Å²) < 4.78 is 6.10. The molecule has 1 atom stereocenters. The largest absolute Gasteiger partial charge is 0.342 e. The van der Waals surface area contributed by atoms with Crippen LogP contribution in [-0.2, 0) is 13.2 Å². The second kappa shape index (κ2) is 7.00. The van der Waals surface area contributed by atoms with Crippen LogP contribution in [-0.4, -0.2) is 35.2 Å². The first-order valence-corrected chi connectivity index (χ1v) is 8.40. The van der Waals surface area contributed by atoms with Crippen LogP contribution in [0.2, 0.25) is 0 Å². The van der Waals surface area contributed by atoms with E-state index in [0.29, 0.717) is 12.4 Å². The Bertz CT molecular complexity index is 834. The summed E-state index contributed by atoms with van der Waals surface area (Å²) in [6.07, 6.45) is 7.19. The van der Waals surface area contributed by atoms with Crippen LogP contribution in [0.5, 0.6) is 0 Å². The van der Waals surface area contributed by atoms with Gasteiger partial charge in [0.1, 0.15) is 12.4 Å². The monoisotopic (exact) mass is 391 g/mol. The molecule has 3 aromatic rings. The normalized spacial score (nSPS) is 12.3. The fourth-order valence-corrected chi connectivity index (χ4v) is 2.58. The molecule has 0 spiro atoms. The number of halogens is 1. The lowest BCUT2D eigenvalue weighted by Crippen LogP contribution is -2.27. The Morgan fingerprint density at radius 2 is 2.04 bits per heavy atom. The van der Waals surface area contributed by atoms with Crippen LogP contribution < -0.4 is 5.32 Å². The van der Waals surface area contributed by atoms with E-state index in [0.717, 1.165) is 16.7 Å². The summed E-state index contributed by atoms with van der Waals surface area (Å²) >= 11 is 3.35. The molecule has 3 heterocycles. The number of nitrogens with one attached hydrogen (secondary N) is 1. The fourth-order valence-electron chi connectivity index (χ4n) is 2.25. The highest BCUT2D eigenvalue weighted by atomic mass is 79.9. The lowest BCUT2D eigenvalue weighted by Gasteiger charge is -2.10. The molecular weight excluding hydrogens is 374 g/mol. The van der Waals surface area contributed by atoms with Gasteiger partial charge in [-0.2, -0.15) is 15.3 Å². The van der Waals surface area contributed by atoms with E-state index in [1.54, 1.807) is 27.8 Å². The molecule has 0 aliphatic heterocycles. The van der Waals surface area contributed by atoms with Gasteiger partial charge in [0, 0.05) is 25.1 Å². The lowest BCUT2D eigenvalue weighted by molar-refractivity contribution is 0.0933. The molecule has 126 valence electrons. The quantitative estimate of drug-likeness (QED) is 0.696. The minimum Gasteiger partial charge on any atom is -0.342 e. The third kappa shape index (κ3) is 3.73. The second-order valence-electron chi connectivity index (χ2n) is 5.37. The van der Waals surface area contributed by atoms with Gasteiger partial charge in [0.15, 0.2) is 0 Å². The maximum atomic E-state index is 12.3. The molecule has 3 aromatic heterocycles. The first kappa shape index (κ1) is 16.4. The number of hydrogen-bond donors (Lipinski definition) is 1. The van der Waals surface area contributed by atoms with E-state index < -0.39 is 0 Å². The summed E-state index contributed by atoms with van der Waals surface area (Å²) in [6.45, 7) is 5.16. The summed E-state index contributed by atoms with van der Waals surface area (Å²) in [7, 11) is 0. The molecule has 0 saturated carbocycles. The smallest absolute Gasteiger partial charge is 0.272 e. The Labute approximate surface area is 147 Å². The SMILES string of the molecule is CCn1ccc(C(C)NC(=O)c2ccn(Cn3cc(Br)cn3)n2)n1. The number of carbonyl (C=O) groups excluding carboxylic acids is 1. The van der Waals surface area contributed by atoms with Crippen molar-refractivity contribution in [3.05, 3.63) is 52.8 Å². The van der Waals surface area contributed by atoms with Crippen LogP contribution in [0.4, 0.5) is 0 Å². The molecular formula is C15H18BrN7O. The van der Waals surface area contributed by atoms with Crippen molar-refractivity contribution in [2.24, 2.45) is 0 Å². The number of nitrogens with zero attached hydrogens (tertiary/aromatic N) is 6. The van der Waals surface area contributed by atoms with Gasteiger partial charge in [0.25, 0.3) is 5.91 Å². The average molecular weight is 392 g/mol. The predicted molar refractivity (Wildman–Crippen MR) is 91.3 cm³/mol. The van der Waals surface area contributed by atoms with Gasteiger partial charge < -0.3 is 5.32 Å². The van der Waals surface area contributed by atoms with E-state index in [9.17, 15) is 4.79 Å². The zero-order chi connectivity index (χ0) is 17.1. The second-order valence-corrected chi connectivity index (χ2v) is 6.29. The van der Waals surface area contributed by atoms with Crippen molar-refractivity contribution in [2.45, 2.75) is 33.1 Å². The number of aryl methyl sites for hydroxylation is 1. The molecule has 8 nitrogen and oxygen atoms in total. The standard InChI is InChI=1S/C15H18BrN7O/c1-3-21-6-4-13(19-21)11(2)18-15(24)14-5-7-22(20-14)10-23-9-12(16)8-17-23/h4-9,11H,3,10H2,1-2H3,(H,18,24). The molecule has 9 heteroatoms. The van der Waals surface area contributed by atoms with Crippen LogP contribution in [0.15, 0.2) is 41.4 Å². The Morgan fingerprint density at radius 1 is 1.25 bits per heavy atom. The van der Waals surface area contributed by atoms with Crippen molar-refractivity contribution in [3.63, 3.8) is 0 Å². The van der Waals surface area contributed by atoms with Gasteiger partial charge in [-0.1, -0.05) is 0 Å². The summed E-state index contributed by atoms with van der Waals surface area (Å²) in [6, 6.07) is 3.41. The molecule has 3 rings (SSSR count). The zero-order valence-corrected chi connectivity index (χ0v) is 15.0. The van der Waals surface area contributed by atoms with Crippen molar-refractivity contribution >= 4 is 21.8 Å². The maximum absolute atomic E-state index is 12.3. The third-order valence-corrected chi connectivity index (χ3v) is 3.95. The Kier molecular flexibility index (Phi) is 4.79. The number of carbonyl (C=O) groups is 1.